The van der Waals surface area contributed by atoms with E-state index in [1.807, 2.05) is 24.3 Å². The van der Waals surface area contributed by atoms with Crippen molar-refractivity contribution in [3.63, 3.8) is 0 Å². The smallest absolute Gasteiger partial charge is 0.165 e. The molecule has 1 aliphatic heterocycles. The Morgan fingerprint density at radius 1 is 1.30 bits per heavy atom. The quantitative estimate of drug-likeness (QED) is 0.710. The van der Waals surface area contributed by atoms with Crippen LogP contribution in [0.1, 0.15) is 49.4 Å². The molecule has 0 atom stereocenters. The highest BCUT2D eigenvalue weighted by Gasteiger charge is 2.19. The van der Waals surface area contributed by atoms with E-state index in [-0.39, 0.29) is 5.78 Å². The van der Waals surface area contributed by atoms with Crippen molar-refractivity contribution in [3.05, 3.63) is 34.3 Å². The van der Waals surface area contributed by atoms with Gasteiger partial charge in [0, 0.05) is 23.0 Å². The standard InChI is InChI=1S/C17H24BrNO/c1-2-5-14-8-11-19(12-9-14)13-10-17(20)15-6-3-4-7-16(15)18/h3-4,6-7,14H,2,5,8-13H2,1H3. The van der Waals surface area contributed by atoms with Crippen molar-refractivity contribution in [1.29, 1.82) is 0 Å². The highest BCUT2D eigenvalue weighted by Crippen LogP contribution is 2.22. The summed E-state index contributed by atoms with van der Waals surface area (Å²) in [5.74, 6) is 1.16. The number of halogens is 1. The largest absolute Gasteiger partial charge is 0.303 e. The van der Waals surface area contributed by atoms with Gasteiger partial charge in [-0.3, -0.25) is 4.79 Å². The first-order valence-corrected chi connectivity index (χ1v) is 8.50. The lowest BCUT2D eigenvalue weighted by Crippen LogP contribution is -2.35. The Kier molecular flexibility index (Phi) is 6.24. The minimum Gasteiger partial charge on any atom is -0.303 e. The lowest BCUT2D eigenvalue weighted by Gasteiger charge is -2.31. The summed E-state index contributed by atoms with van der Waals surface area (Å²) in [5, 5.41) is 0. The molecular weight excluding hydrogens is 314 g/mol. The highest BCUT2D eigenvalue weighted by molar-refractivity contribution is 9.10. The molecule has 1 heterocycles. The van der Waals surface area contributed by atoms with Crippen LogP contribution in [0.5, 0.6) is 0 Å². The number of nitrogens with zero attached hydrogens (tertiary/aromatic N) is 1. The van der Waals surface area contributed by atoms with Gasteiger partial charge >= 0.3 is 0 Å². The summed E-state index contributed by atoms with van der Waals surface area (Å²) in [6.45, 7) is 5.49. The Hall–Kier alpha value is -0.670. The van der Waals surface area contributed by atoms with Crippen molar-refractivity contribution in [1.82, 2.24) is 4.90 Å². The summed E-state index contributed by atoms with van der Waals surface area (Å²) >= 11 is 3.45. The van der Waals surface area contributed by atoms with Crippen molar-refractivity contribution in [3.8, 4) is 0 Å². The van der Waals surface area contributed by atoms with E-state index >= 15 is 0 Å². The van der Waals surface area contributed by atoms with Crippen LogP contribution >= 0.6 is 15.9 Å². The molecule has 1 saturated heterocycles. The summed E-state index contributed by atoms with van der Waals surface area (Å²) in [6.07, 6.45) is 5.89. The molecule has 0 unspecified atom stereocenters. The maximum absolute atomic E-state index is 12.2. The van der Waals surface area contributed by atoms with Crippen molar-refractivity contribution >= 4 is 21.7 Å². The summed E-state index contributed by atoms with van der Waals surface area (Å²) < 4.78 is 0.909. The molecule has 3 heteroatoms. The van der Waals surface area contributed by atoms with Crippen LogP contribution in [0.25, 0.3) is 0 Å². The van der Waals surface area contributed by atoms with Gasteiger partial charge in [0.15, 0.2) is 5.78 Å². The third-order valence-corrected chi connectivity index (χ3v) is 4.92. The van der Waals surface area contributed by atoms with Gasteiger partial charge in [0.05, 0.1) is 0 Å². The van der Waals surface area contributed by atoms with Gasteiger partial charge < -0.3 is 4.90 Å². The first-order valence-electron chi connectivity index (χ1n) is 7.70. The average Bonchev–Trinajstić information content (AvgIpc) is 2.47. The zero-order valence-corrected chi connectivity index (χ0v) is 13.9. The second-order valence-electron chi connectivity index (χ2n) is 5.73. The van der Waals surface area contributed by atoms with Crippen LogP contribution in [-0.4, -0.2) is 30.3 Å². The predicted molar refractivity (Wildman–Crippen MR) is 87.2 cm³/mol. The molecule has 0 radical (unpaired) electrons. The summed E-state index contributed by atoms with van der Waals surface area (Å²) in [6, 6.07) is 7.71. The second-order valence-corrected chi connectivity index (χ2v) is 6.58. The molecule has 0 aromatic heterocycles. The number of hydrogen-bond acceptors (Lipinski definition) is 2. The number of ketones is 1. The van der Waals surface area contributed by atoms with Crippen LogP contribution in [0, 0.1) is 5.92 Å². The number of carbonyl (C=O) groups is 1. The number of benzene rings is 1. The third kappa shape index (κ3) is 4.42. The van der Waals surface area contributed by atoms with Gasteiger partial charge in [0.1, 0.15) is 0 Å². The lowest BCUT2D eigenvalue weighted by molar-refractivity contribution is 0.0949. The number of piperidine rings is 1. The summed E-state index contributed by atoms with van der Waals surface area (Å²) in [4.78, 5) is 14.7. The maximum atomic E-state index is 12.2. The third-order valence-electron chi connectivity index (χ3n) is 4.23. The molecule has 1 aromatic carbocycles. The second kappa shape index (κ2) is 7.94. The molecule has 1 aliphatic rings. The fourth-order valence-corrected chi connectivity index (χ4v) is 3.49. The lowest BCUT2D eigenvalue weighted by atomic mass is 9.92. The minimum atomic E-state index is 0.244. The summed E-state index contributed by atoms with van der Waals surface area (Å²) in [5.41, 5.74) is 0.813. The van der Waals surface area contributed by atoms with Gasteiger partial charge in [-0.1, -0.05) is 53.9 Å². The summed E-state index contributed by atoms with van der Waals surface area (Å²) in [7, 11) is 0. The Labute approximate surface area is 130 Å². The van der Waals surface area contributed by atoms with E-state index < -0.39 is 0 Å². The number of rotatable bonds is 6. The Morgan fingerprint density at radius 3 is 2.65 bits per heavy atom. The van der Waals surface area contributed by atoms with Crippen molar-refractivity contribution in [2.45, 2.75) is 39.0 Å². The minimum absolute atomic E-state index is 0.244. The van der Waals surface area contributed by atoms with Crippen molar-refractivity contribution in [2.24, 2.45) is 5.92 Å². The van der Waals surface area contributed by atoms with Gasteiger partial charge in [-0.05, 0) is 37.9 Å². The molecule has 0 bridgehead atoms. The van der Waals surface area contributed by atoms with Crippen LogP contribution in [0.3, 0.4) is 0 Å². The number of carbonyl (C=O) groups excluding carboxylic acids is 1. The molecule has 0 amide bonds. The normalized spacial score (nSPS) is 17.3. The van der Waals surface area contributed by atoms with Gasteiger partial charge in [-0.2, -0.15) is 0 Å². The molecule has 2 nitrogen and oxygen atoms in total. The van der Waals surface area contributed by atoms with E-state index in [4.69, 9.17) is 0 Å². The number of Topliss-reactive ketones (excluding diaryl/α,β-unsaturated/α-hetero) is 1. The SMILES string of the molecule is CCCC1CCN(CCC(=O)c2ccccc2Br)CC1. The van der Waals surface area contributed by atoms with Crippen LogP contribution in [-0.2, 0) is 0 Å². The molecule has 0 spiro atoms. The monoisotopic (exact) mass is 337 g/mol. The topological polar surface area (TPSA) is 20.3 Å². The Bertz CT molecular complexity index is 438. The van der Waals surface area contributed by atoms with E-state index in [0.717, 1.165) is 35.6 Å². The number of likely N-dealkylation sites (tertiary alicyclic amines) is 1. The van der Waals surface area contributed by atoms with Gasteiger partial charge in [0.2, 0.25) is 0 Å². The zero-order valence-electron chi connectivity index (χ0n) is 12.3. The average molecular weight is 338 g/mol. The maximum Gasteiger partial charge on any atom is 0.165 e. The van der Waals surface area contributed by atoms with Gasteiger partial charge in [-0.25, -0.2) is 0 Å². The van der Waals surface area contributed by atoms with E-state index in [2.05, 4.69) is 27.8 Å². The molecule has 20 heavy (non-hydrogen) atoms. The first-order chi connectivity index (χ1) is 9.70. The molecule has 0 N–H and O–H groups in total. The number of hydrogen-bond donors (Lipinski definition) is 0. The molecule has 0 saturated carbocycles. The van der Waals surface area contributed by atoms with Gasteiger partial charge in [0.25, 0.3) is 0 Å². The van der Waals surface area contributed by atoms with Crippen LogP contribution in [0.2, 0.25) is 0 Å². The zero-order chi connectivity index (χ0) is 14.4. The van der Waals surface area contributed by atoms with Crippen molar-refractivity contribution < 1.29 is 4.79 Å². The van der Waals surface area contributed by atoms with Gasteiger partial charge in [-0.15, -0.1) is 0 Å². The van der Waals surface area contributed by atoms with Crippen LogP contribution < -0.4 is 0 Å². The van der Waals surface area contributed by atoms with E-state index in [1.165, 1.54) is 25.7 Å². The fraction of sp³-hybridized carbons (Fsp3) is 0.588. The Morgan fingerprint density at radius 2 is 2.00 bits per heavy atom. The van der Waals surface area contributed by atoms with E-state index in [9.17, 15) is 4.79 Å². The molecule has 0 aliphatic carbocycles. The molecule has 1 aromatic rings. The molecule has 1 fully saturated rings. The first kappa shape index (κ1) is 15.7. The predicted octanol–water partition coefficient (Wildman–Crippen LogP) is 4.53. The highest BCUT2D eigenvalue weighted by atomic mass is 79.9. The molecule has 2 rings (SSSR count). The van der Waals surface area contributed by atoms with Crippen molar-refractivity contribution in [2.75, 3.05) is 19.6 Å². The Balaban J connectivity index is 1.76. The molecule has 110 valence electrons. The van der Waals surface area contributed by atoms with E-state index in [0.29, 0.717) is 6.42 Å². The van der Waals surface area contributed by atoms with Crippen LogP contribution in [0.15, 0.2) is 28.7 Å². The van der Waals surface area contributed by atoms with Crippen LogP contribution in [0.4, 0.5) is 0 Å². The molecular formula is C17H24BrNO. The van der Waals surface area contributed by atoms with E-state index in [1.54, 1.807) is 0 Å². The fourth-order valence-electron chi connectivity index (χ4n) is 2.99.